The Bertz CT molecular complexity index is 1110. The number of rotatable bonds is 3. The van der Waals surface area contributed by atoms with Gasteiger partial charge in [-0.1, -0.05) is 48.0 Å². The average Bonchev–Trinajstić information content (AvgIpc) is 2.87. The van der Waals surface area contributed by atoms with E-state index in [1.165, 1.54) is 11.8 Å². The Hall–Kier alpha value is -2.31. The van der Waals surface area contributed by atoms with Crippen LogP contribution >= 0.6 is 23.4 Å². The van der Waals surface area contributed by atoms with Gasteiger partial charge in [0.1, 0.15) is 0 Å². The molecule has 1 aliphatic heterocycles. The lowest BCUT2D eigenvalue weighted by molar-refractivity contribution is -0.120. The number of benzene rings is 2. The first-order chi connectivity index (χ1) is 13.5. The van der Waals surface area contributed by atoms with Crippen molar-refractivity contribution in [3.63, 3.8) is 0 Å². The van der Waals surface area contributed by atoms with Crippen molar-refractivity contribution in [1.82, 2.24) is 14.9 Å². The third-order valence-corrected chi connectivity index (χ3v) is 6.34. The molecular weight excluding hydrogens is 394 g/mol. The summed E-state index contributed by atoms with van der Waals surface area (Å²) in [5, 5.41) is 4.21. The first kappa shape index (κ1) is 19.0. The maximum Gasteiger partial charge on any atom is 0.266 e. The largest absolute Gasteiger partial charge is 0.355 e. The fourth-order valence-corrected chi connectivity index (χ4v) is 4.73. The van der Waals surface area contributed by atoms with Crippen LogP contribution in [-0.4, -0.2) is 27.3 Å². The molecule has 0 aliphatic carbocycles. The van der Waals surface area contributed by atoms with Crippen LogP contribution in [0.5, 0.6) is 0 Å². The van der Waals surface area contributed by atoms with Gasteiger partial charge in [0, 0.05) is 11.6 Å². The Labute approximate surface area is 172 Å². The Morgan fingerprint density at radius 2 is 2.00 bits per heavy atom. The van der Waals surface area contributed by atoms with E-state index in [0.717, 1.165) is 30.5 Å². The number of fused-ring (bicyclic) bond motifs is 1. The molecule has 7 heteroatoms. The number of nitrogens with one attached hydrogen (secondary N) is 1. The molecule has 1 amide bonds. The summed E-state index contributed by atoms with van der Waals surface area (Å²) in [6.07, 6.45) is 2.69. The molecule has 1 atom stereocenters. The molecule has 0 bridgehead atoms. The third-order valence-electron chi connectivity index (χ3n) is 4.89. The van der Waals surface area contributed by atoms with Crippen molar-refractivity contribution in [3.8, 4) is 5.69 Å². The van der Waals surface area contributed by atoms with Crippen LogP contribution in [0.1, 0.15) is 24.8 Å². The van der Waals surface area contributed by atoms with Crippen LogP contribution in [0.25, 0.3) is 16.6 Å². The second-order valence-electron chi connectivity index (χ2n) is 6.88. The number of aromatic nitrogens is 2. The second-order valence-corrected chi connectivity index (χ2v) is 8.48. The number of aryl methyl sites for hydroxylation is 1. The van der Waals surface area contributed by atoms with Crippen LogP contribution in [0, 0.1) is 6.92 Å². The highest BCUT2D eigenvalue weighted by molar-refractivity contribution is 8.00. The van der Waals surface area contributed by atoms with E-state index in [1.54, 1.807) is 22.8 Å². The summed E-state index contributed by atoms with van der Waals surface area (Å²) >= 11 is 7.47. The van der Waals surface area contributed by atoms with Crippen molar-refractivity contribution in [2.45, 2.75) is 36.6 Å². The van der Waals surface area contributed by atoms with E-state index in [1.807, 2.05) is 31.2 Å². The minimum atomic E-state index is -0.277. The number of halogens is 1. The van der Waals surface area contributed by atoms with Crippen molar-refractivity contribution >= 4 is 40.2 Å². The number of hydrogen-bond donors (Lipinski definition) is 1. The van der Waals surface area contributed by atoms with Crippen molar-refractivity contribution < 1.29 is 4.79 Å². The average molecular weight is 414 g/mol. The Morgan fingerprint density at radius 1 is 1.18 bits per heavy atom. The van der Waals surface area contributed by atoms with Gasteiger partial charge in [0.15, 0.2) is 5.16 Å². The number of hydrogen-bond acceptors (Lipinski definition) is 4. The van der Waals surface area contributed by atoms with E-state index in [2.05, 4.69) is 5.32 Å². The van der Waals surface area contributed by atoms with Gasteiger partial charge in [-0.25, -0.2) is 4.98 Å². The first-order valence-electron chi connectivity index (χ1n) is 9.27. The van der Waals surface area contributed by atoms with Crippen molar-refractivity contribution in [2.24, 2.45) is 0 Å². The number of nitrogens with zero attached hydrogens (tertiary/aromatic N) is 2. The van der Waals surface area contributed by atoms with Gasteiger partial charge in [-0.3, -0.25) is 14.2 Å². The summed E-state index contributed by atoms with van der Waals surface area (Å²) in [5.74, 6) is -0.000673. The highest BCUT2D eigenvalue weighted by Gasteiger charge is 2.25. The van der Waals surface area contributed by atoms with Crippen LogP contribution in [0.2, 0.25) is 5.02 Å². The topological polar surface area (TPSA) is 64.0 Å². The third kappa shape index (κ3) is 3.66. The number of amides is 1. The lowest BCUT2D eigenvalue weighted by Gasteiger charge is -2.18. The van der Waals surface area contributed by atoms with Gasteiger partial charge in [0.05, 0.1) is 21.8 Å². The molecule has 2 heterocycles. The SMILES string of the molecule is Cc1ccccc1-n1c(SC2CCCCNC2=O)nc2cc(Cl)ccc2c1=O. The van der Waals surface area contributed by atoms with Gasteiger partial charge in [-0.2, -0.15) is 0 Å². The molecule has 2 aromatic carbocycles. The summed E-state index contributed by atoms with van der Waals surface area (Å²) in [4.78, 5) is 30.6. The van der Waals surface area contributed by atoms with Gasteiger partial charge in [0.25, 0.3) is 5.56 Å². The predicted molar refractivity (Wildman–Crippen MR) is 114 cm³/mol. The summed E-state index contributed by atoms with van der Waals surface area (Å²) in [5.41, 5.74) is 2.12. The second kappa shape index (κ2) is 7.97. The summed E-state index contributed by atoms with van der Waals surface area (Å²) < 4.78 is 1.62. The van der Waals surface area contributed by atoms with Crippen LogP contribution in [0.3, 0.4) is 0 Å². The molecule has 1 fully saturated rings. The predicted octanol–water partition coefficient (Wildman–Crippen LogP) is 4.11. The van der Waals surface area contributed by atoms with Crippen LogP contribution < -0.4 is 10.9 Å². The molecule has 1 unspecified atom stereocenters. The molecule has 0 saturated carbocycles. The monoisotopic (exact) mass is 413 g/mol. The van der Waals surface area contributed by atoms with E-state index in [9.17, 15) is 9.59 Å². The van der Waals surface area contributed by atoms with E-state index in [-0.39, 0.29) is 16.7 Å². The lowest BCUT2D eigenvalue weighted by Crippen LogP contribution is -2.31. The van der Waals surface area contributed by atoms with Gasteiger partial charge < -0.3 is 5.32 Å². The Kier molecular flexibility index (Phi) is 5.42. The number of carbonyl (C=O) groups excluding carboxylic acids is 1. The molecule has 4 rings (SSSR count). The fourth-order valence-electron chi connectivity index (χ4n) is 3.40. The molecule has 5 nitrogen and oxygen atoms in total. The molecule has 1 aliphatic rings. The molecule has 1 aromatic heterocycles. The normalized spacial score (nSPS) is 17.4. The van der Waals surface area contributed by atoms with E-state index in [0.29, 0.717) is 27.6 Å². The minimum absolute atomic E-state index is 0.000673. The molecule has 28 heavy (non-hydrogen) atoms. The Morgan fingerprint density at radius 3 is 2.82 bits per heavy atom. The molecule has 1 saturated heterocycles. The van der Waals surface area contributed by atoms with Gasteiger partial charge in [-0.15, -0.1) is 0 Å². The zero-order valence-corrected chi connectivity index (χ0v) is 17.0. The van der Waals surface area contributed by atoms with E-state index >= 15 is 0 Å². The standard InChI is InChI=1S/C21H20ClN3O2S/c1-13-6-2-3-7-17(13)25-20(27)15-10-9-14(22)12-16(15)24-21(25)28-18-8-4-5-11-23-19(18)26/h2-3,6-7,9-10,12,18H,4-5,8,11H2,1H3,(H,23,26). The van der Waals surface area contributed by atoms with E-state index < -0.39 is 0 Å². The number of thioether (sulfide) groups is 1. The highest BCUT2D eigenvalue weighted by Crippen LogP contribution is 2.30. The van der Waals surface area contributed by atoms with Crippen LogP contribution in [0.15, 0.2) is 52.4 Å². The van der Waals surface area contributed by atoms with Crippen molar-refractivity contribution in [1.29, 1.82) is 0 Å². The smallest absolute Gasteiger partial charge is 0.266 e. The summed E-state index contributed by atoms with van der Waals surface area (Å²) in [6, 6.07) is 12.8. The molecule has 3 aromatic rings. The van der Waals surface area contributed by atoms with Crippen molar-refractivity contribution in [3.05, 3.63) is 63.4 Å². The van der Waals surface area contributed by atoms with Crippen LogP contribution in [0.4, 0.5) is 0 Å². The van der Waals surface area contributed by atoms with Crippen LogP contribution in [-0.2, 0) is 4.79 Å². The maximum atomic E-state index is 13.4. The fraction of sp³-hybridized carbons (Fsp3) is 0.286. The van der Waals surface area contributed by atoms with Crippen molar-refractivity contribution in [2.75, 3.05) is 6.54 Å². The zero-order chi connectivity index (χ0) is 19.7. The first-order valence-corrected chi connectivity index (χ1v) is 10.5. The molecule has 0 radical (unpaired) electrons. The summed E-state index contributed by atoms with van der Waals surface area (Å²) in [7, 11) is 0. The number of carbonyl (C=O) groups is 1. The summed E-state index contributed by atoms with van der Waals surface area (Å²) in [6.45, 7) is 2.65. The molecule has 144 valence electrons. The van der Waals surface area contributed by atoms with Gasteiger partial charge in [-0.05, 0) is 49.6 Å². The zero-order valence-electron chi connectivity index (χ0n) is 15.4. The number of para-hydroxylation sites is 1. The quantitative estimate of drug-likeness (QED) is 0.656. The van der Waals surface area contributed by atoms with Gasteiger partial charge >= 0.3 is 0 Å². The van der Waals surface area contributed by atoms with Gasteiger partial charge in [0.2, 0.25) is 5.91 Å². The molecule has 1 N–H and O–H groups in total. The maximum absolute atomic E-state index is 13.4. The van der Waals surface area contributed by atoms with E-state index in [4.69, 9.17) is 16.6 Å². The molecule has 0 spiro atoms. The highest BCUT2D eigenvalue weighted by atomic mass is 35.5. The minimum Gasteiger partial charge on any atom is -0.355 e. The Balaban J connectivity index is 1.92. The lowest BCUT2D eigenvalue weighted by atomic mass is 10.2. The molecular formula is C21H20ClN3O2S.